The van der Waals surface area contributed by atoms with Crippen LogP contribution in [0, 0.1) is 5.92 Å². The highest BCUT2D eigenvalue weighted by Gasteiger charge is 2.21. The second-order valence-corrected chi connectivity index (χ2v) is 6.08. The van der Waals surface area contributed by atoms with Gasteiger partial charge in [-0.3, -0.25) is 0 Å². The zero-order chi connectivity index (χ0) is 13.7. The standard InChI is InChI=1S/C15H28N4/c1-13(2)16-7-10-19-8-4-5-14(12-19)11-15-17-6-9-18(15)3/h6,9,13-14,16H,4-5,7-8,10-12H2,1-3H3/t14-/m1/s1. The van der Waals surface area contributed by atoms with Crippen molar-refractivity contribution >= 4 is 0 Å². The maximum Gasteiger partial charge on any atom is 0.108 e. The molecule has 108 valence electrons. The number of aryl methyl sites for hydroxylation is 1. The lowest BCUT2D eigenvalue weighted by atomic mass is 9.94. The first-order valence-electron chi connectivity index (χ1n) is 7.57. The molecule has 0 unspecified atom stereocenters. The SMILES string of the molecule is CC(C)NCCN1CCC[C@H](Cc2nccn2C)C1. The third-order valence-electron chi connectivity index (χ3n) is 3.98. The minimum Gasteiger partial charge on any atom is -0.338 e. The number of hydrogen-bond donors (Lipinski definition) is 1. The number of rotatable bonds is 6. The molecule has 0 amide bonds. The third kappa shape index (κ3) is 4.62. The van der Waals surface area contributed by atoms with E-state index in [0.29, 0.717) is 6.04 Å². The topological polar surface area (TPSA) is 33.1 Å². The Labute approximate surface area is 117 Å². The first-order chi connectivity index (χ1) is 9.15. The Morgan fingerprint density at radius 3 is 3.00 bits per heavy atom. The van der Waals surface area contributed by atoms with Gasteiger partial charge in [0.25, 0.3) is 0 Å². The molecule has 0 aromatic carbocycles. The molecule has 1 fully saturated rings. The van der Waals surface area contributed by atoms with Gasteiger partial charge in [-0.15, -0.1) is 0 Å². The molecule has 0 saturated carbocycles. The van der Waals surface area contributed by atoms with Crippen molar-refractivity contribution < 1.29 is 0 Å². The predicted octanol–water partition coefficient (Wildman–Crippen LogP) is 1.67. The number of nitrogens with one attached hydrogen (secondary N) is 1. The summed E-state index contributed by atoms with van der Waals surface area (Å²) in [7, 11) is 2.09. The van der Waals surface area contributed by atoms with Crippen LogP contribution in [-0.2, 0) is 13.5 Å². The van der Waals surface area contributed by atoms with Gasteiger partial charge in [-0.25, -0.2) is 4.98 Å². The molecule has 4 heteroatoms. The Hall–Kier alpha value is -0.870. The highest BCUT2D eigenvalue weighted by molar-refractivity contribution is 4.94. The van der Waals surface area contributed by atoms with Crippen LogP contribution in [0.2, 0.25) is 0 Å². The van der Waals surface area contributed by atoms with E-state index < -0.39 is 0 Å². The summed E-state index contributed by atoms with van der Waals surface area (Å²) in [5.41, 5.74) is 0. The molecule has 1 N–H and O–H groups in total. The molecule has 0 bridgehead atoms. The molecule has 4 nitrogen and oxygen atoms in total. The van der Waals surface area contributed by atoms with Crippen LogP contribution in [0.5, 0.6) is 0 Å². The van der Waals surface area contributed by atoms with Gasteiger partial charge in [-0.05, 0) is 25.3 Å². The molecule has 1 aliphatic heterocycles. The Bertz CT molecular complexity index is 372. The lowest BCUT2D eigenvalue weighted by Gasteiger charge is -2.32. The molecule has 1 aromatic heterocycles. The molecular formula is C15H28N4. The fourth-order valence-corrected chi connectivity index (χ4v) is 2.88. The molecule has 19 heavy (non-hydrogen) atoms. The highest BCUT2D eigenvalue weighted by Crippen LogP contribution is 2.19. The first-order valence-corrected chi connectivity index (χ1v) is 7.57. The van der Waals surface area contributed by atoms with Gasteiger partial charge in [0.1, 0.15) is 5.82 Å². The molecule has 0 spiro atoms. The Kier molecular flexibility index (Phi) is 5.40. The van der Waals surface area contributed by atoms with E-state index in [0.717, 1.165) is 18.9 Å². The third-order valence-corrected chi connectivity index (χ3v) is 3.98. The smallest absolute Gasteiger partial charge is 0.108 e. The molecule has 1 saturated heterocycles. The highest BCUT2D eigenvalue weighted by atomic mass is 15.1. The maximum absolute atomic E-state index is 4.45. The molecule has 1 aliphatic rings. The largest absolute Gasteiger partial charge is 0.338 e. The van der Waals surface area contributed by atoms with Gasteiger partial charge in [-0.1, -0.05) is 13.8 Å². The van der Waals surface area contributed by atoms with Crippen LogP contribution in [0.1, 0.15) is 32.5 Å². The van der Waals surface area contributed by atoms with Gasteiger partial charge in [0.2, 0.25) is 0 Å². The average molecular weight is 264 g/mol. The van der Waals surface area contributed by atoms with Crippen LogP contribution < -0.4 is 5.32 Å². The summed E-state index contributed by atoms with van der Waals surface area (Å²) in [5.74, 6) is 2.00. The van der Waals surface area contributed by atoms with Crippen LogP contribution in [0.25, 0.3) is 0 Å². The molecular weight excluding hydrogens is 236 g/mol. The van der Waals surface area contributed by atoms with Crippen molar-refractivity contribution in [3.8, 4) is 0 Å². The predicted molar refractivity (Wildman–Crippen MR) is 79.2 cm³/mol. The van der Waals surface area contributed by atoms with Crippen molar-refractivity contribution in [3.05, 3.63) is 18.2 Å². The van der Waals surface area contributed by atoms with Crippen LogP contribution in [0.15, 0.2) is 12.4 Å². The molecule has 2 rings (SSSR count). The Morgan fingerprint density at radius 1 is 1.47 bits per heavy atom. The number of imidazole rings is 1. The van der Waals surface area contributed by atoms with E-state index in [1.807, 2.05) is 12.4 Å². The molecule has 1 atom stereocenters. The average Bonchev–Trinajstić information content (AvgIpc) is 2.75. The number of piperidine rings is 1. The van der Waals surface area contributed by atoms with E-state index in [4.69, 9.17) is 0 Å². The van der Waals surface area contributed by atoms with Gasteiger partial charge in [0, 0.05) is 51.5 Å². The van der Waals surface area contributed by atoms with Crippen LogP contribution >= 0.6 is 0 Å². The lowest BCUT2D eigenvalue weighted by Crippen LogP contribution is -2.41. The van der Waals surface area contributed by atoms with E-state index in [-0.39, 0.29) is 0 Å². The quantitative estimate of drug-likeness (QED) is 0.848. The summed E-state index contributed by atoms with van der Waals surface area (Å²) in [6, 6.07) is 0.591. The van der Waals surface area contributed by atoms with Crippen molar-refractivity contribution in [2.45, 2.75) is 39.2 Å². The van der Waals surface area contributed by atoms with Crippen molar-refractivity contribution in [3.63, 3.8) is 0 Å². The van der Waals surface area contributed by atoms with Crippen LogP contribution in [0.4, 0.5) is 0 Å². The second-order valence-electron chi connectivity index (χ2n) is 6.08. The summed E-state index contributed by atoms with van der Waals surface area (Å²) >= 11 is 0. The summed E-state index contributed by atoms with van der Waals surface area (Å²) in [4.78, 5) is 7.06. The fourth-order valence-electron chi connectivity index (χ4n) is 2.88. The molecule has 0 aliphatic carbocycles. The fraction of sp³-hybridized carbons (Fsp3) is 0.800. The van der Waals surface area contributed by atoms with Gasteiger partial charge < -0.3 is 14.8 Å². The van der Waals surface area contributed by atoms with E-state index in [2.05, 4.69) is 40.7 Å². The van der Waals surface area contributed by atoms with Gasteiger partial charge in [-0.2, -0.15) is 0 Å². The molecule has 2 heterocycles. The summed E-state index contributed by atoms with van der Waals surface area (Å²) in [5, 5.41) is 3.50. The van der Waals surface area contributed by atoms with E-state index in [9.17, 15) is 0 Å². The summed E-state index contributed by atoms with van der Waals surface area (Å²) in [6.07, 6.45) is 7.75. The number of nitrogens with zero attached hydrogens (tertiary/aromatic N) is 3. The summed E-state index contributed by atoms with van der Waals surface area (Å²) < 4.78 is 2.15. The molecule has 0 radical (unpaired) electrons. The van der Waals surface area contributed by atoms with Gasteiger partial charge in [0.05, 0.1) is 0 Å². The minimum atomic E-state index is 0.591. The van der Waals surface area contributed by atoms with Gasteiger partial charge in [0.15, 0.2) is 0 Å². The Balaban J connectivity index is 1.75. The minimum absolute atomic E-state index is 0.591. The number of hydrogen-bond acceptors (Lipinski definition) is 3. The van der Waals surface area contributed by atoms with Crippen molar-refractivity contribution in [2.24, 2.45) is 13.0 Å². The normalized spacial score (nSPS) is 21.2. The Morgan fingerprint density at radius 2 is 2.32 bits per heavy atom. The maximum atomic E-state index is 4.45. The molecule has 1 aromatic rings. The first kappa shape index (κ1) is 14.5. The van der Waals surface area contributed by atoms with E-state index in [1.165, 1.54) is 38.3 Å². The zero-order valence-electron chi connectivity index (χ0n) is 12.6. The van der Waals surface area contributed by atoms with E-state index >= 15 is 0 Å². The van der Waals surface area contributed by atoms with Gasteiger partial charge >= 0.3 is 0 Å². The number of aromatic nitrogens is 2. The second kappa shape index (κ2) is 7.06. The lowest BCUT2D eigenvalue weighted by molar-refractivity contribution is 0.172. The monoisotopic (exact) mass is 264 g/mol. The van der Waals surface area contributed by atoms with Crippen molar-refractivity contribution in [1.82, 2.24) is 19.8 Å². The van der Waals surface area contributed by atoms with E-state index in [1.54, 1.807) is 0 Å². The number of likely N-dealkylation sites (tertiary alicyclic amines) is 1. The zero-order valence-corrected chi connectivity index (χ0v) is 12.6. The summed E-state index contributed by atoms with van der Waals surface area (Å²) in [6.45, 7) is 9.19. The van der Waals surface area contributed by atoms with Crippen LogP contribution in [0.3, 0.4) is 0 Å². The van der Waals surface area contributed by atoms with Crippen molar-refractivity contribution in [1.29, 1.82) is 0 Å². The van der Waals surface area contributed by atoms with Crippen molar-refractivity contribution in [2.75, 3.05) is 26.2 Å². The van der Waals surface area contributed by atoms with Crippen LogP contribution in [-0.4, -0.2) is 46.7 Å².